The van der Waals surface area contributed by atoms with E-state index in [1.807, 2.05) is 60.7 Å². The van der Waals surface area contributed by atoms with E-state index in [4.69, 9.17) is 18.9 Å². The van der Waals surface area contributed by atoms with E-state index in [0.29, 0.717) is 11.5 Å². The highest BCUT2D eigenvalue weighted by Gasteiger charge is 2.41. The lowest BCUT2D eigenvalue weighted by Gasteiger charge is -2.37. The summed E-state index contributed by atoms with van der Waals surface area (Å²) in [5, 5.41) is 10.3. The van der Waals surface area contributed by atoms with Crippen LogP contribution in [0.4, 0.5) is 0 Å². The summed E-state index contributed by atoms with van der Waals surface area (Å²) < 4.78 is 23.4. The third kappa shape index (κ3) is 5.92. The molecule has 210 valence electrons. The van der Waals surface area contributed by atoms with Crippen molar-refractivity contribution >= 4 is 11.9 Å². The van der Waals surface area contributed by atoms with E-state index in [9.17, 15) is 14.7 Å². The highest BCUT2D eigenvalue weighted by molar-refractivity contribution is 5.88. The Bertz CT molecular complexity index is 1320. The Kier molecular flexibility index (Phi) is 8.55. The van der Waals surface area contributed by atoms with Crippen LogP contribution < -0.4 is 14.2 Å². The largest absolute Gasteiger partial charge is 0.497 e. The molecule has 1 aliphatic carbocycles. The number of carboxylic acid groups (broad SMARTS) is 1. The molecule has 2 unspecified atom stereocenters. The van der Waals surface area contributed by atoms with E-state index in [-0.39, 0.29) is 31.6 Å². The highest BCUT2D eigenvalue weighted by atomic mass is 16.5. The Morgan fingerprint density at radius 1 is 0.950 bits per heavy atom. The van der Waals surface area contributed by atoms with Crippen LogP contribution >= 0.6 is 0 Å². The van der Waals surface area contributed by atoms with Gasteiger partial charge in [-0.25, -0.2) is 4.79 Å². The van der Waals surface area contributed by atoms with E-state index in [1.54, 1.807) is 20.3 Å². The molecule has 0 spiro atoms. The van der Waals surface area contributed by atoms with E-state index >= 15 is 0 Å². The van der Waals surface area contributed by atoms with E-state index in [0.717, 1.165) is 53.7 Å². The van der Waals surface area contributed by atoms with Crippen molar-refractivity contribution in [2.45, 2.75) is 63.5 Å². The molecule has 0 saturated heterocycles. The number of carbonyl (C=O) groups is 2. The van der Waals surface area contributed by atoms with Gasteiger partial charge in [0, 0.05) is 18.5 Å². The molecule has 2 aliphatic rings. The Labute approximate surface area is 234 Å². The maximum atomic E-state index is 14.1. The fourth-order valence-corrected chi connectivity index (χ4v) is 5.54. The van der Waals surface area contributed by atoms with Crippen molar-refractivity contribution in [2.75, 3.05) is 14.2 Å². The summed E-state index contributed by atoms with van der Waals surface area (Å²) >= 11 is 0. The summed E-state index contributed by atoms with van der Waals surface area (Å²) in [6, 6.07) is 19.5. The molecular weight excluding hydrogens is 510 g/mol. The Morgan fingerprint density at radius 3 is 2.33 bits per heavy atom. The van der Waals surface area contributed by atoms with E-state index in [1.165, 1.54) is 4.90 Å². The van der Waals surface area contributed by atoms with Gasteiger partial charge in [0.2, 0.25) is 0 Å². The van der Waals surface area contributed by atoms with Crippen molar-refractivity contribution in [3.63, 3.8) is 0 Å². The molecule has 3 aromatic carbocycles. The number of ether oxygens (including phenoxy) is 4. The number of benzene rings is 3. The van der Waals surface area contributed by atoms with E-state index < -0.39 is 18.1 Å². The molecule has 1 fully saturated rings. The summed E-state index contributed by atoms with van der Waals surface area (Å²) in [4.78, 5) is 28.1. The second kappa shape index (κ2) is 12.4. The molecule has 1 aliphatic heterocycles. The normalized spacial score (nSPS) is 17.6. The predicted octanol–water partition coefficient (Wildman–Crippen LogP) is 5.32. The average Bonchev–Trinajstić information content (AvgIpc) is 3.51. The molecule has 1 N–H and O–H groups in total. The van der Waals surface area contributed by atoms with Gasteiger partial charge in [0.05, 0.1) is 20.3 Å². The average molecular weight is 546 g/mol. The molecule has 3 aromatic rings. The van der Waals surface area contributed by atoms with Gasteiger partial charge < -0.3 is 29.0 Å². The smallest absolute Gasteiger partial charge is 0.326 e. The lowest BCUT2D eigenvalue weighted by atomic mass is 9.91. The molecule has 40 heavy (non-hydrogen) atoms. The summed E-state index contributed by atoms with van der Waals surface area (Å²) in [7, 11) is 3.17. The fourth-order valence-electron chi connectivity index (χ4n) is 5.54. The first-order chi connectivity index (χ1) is 19.5. The van der Waals surface area contributed by atoms with Crippen molar-refractivity contribution in [3.8, 4) is 17.2 Å². The van der Waals surface area contributed by atoms with Gasteiger partial charge in [-0.3, -0.25) is 4.79 Å². The summed E-state index contributed by atoms with van der Waals surface area (Å²) in [5.41, 5.74) is 3.21. The molecule has 1 saturated carbocycles. The monoisotopic (exact) mass is 545 g/mol. The summed E-state index contributed by atoms with van der Waals surface area (Å²) in [6.45, 7) is 0.397. The number of nitrogens with zero attached hydrogens (tertiary/aromatic N) is 1. The van der Waals surface area contributed by atoms with Gasteiger partial charge in [-0.2, -0.15) is 0 Å². The van der Waals surface area contributed by atoms with Crippen LogP contribution in [0, 0.1) is 0 Å². The quantitative estimate of drug-likeness (QED) is 0.368. The van der Waals surface area contributed by atoms with Crippen LogP contribution in [-0.4, -0.2) is 48.2 Å². The number of hydrogen-bond donors (Lipinski definition) is 1. The minimum absolute atomic E-state index is 0.0169. The topological polar surface area (TPSA) is 94.5 Å². The number of hydrogen-bond acceptors (Lipinski definition) is 6. The van der Waals surface area contributed by atoms with Crippen molar-refractivity contribution in [1.82, 2.24) is 4.90 Å². The number of aliphatic carboxylic acids is 1. The molecule has 0 aromatic heterocycles. The zero-order valence-electron chi connectivity index (χ0n) is 22.9. The molecule has 8 nitrogen and oxygen atoms in total. The molecule has 1 amide bonds. The summed E-state index contributed by atoms with van der Waals surface area (Å²) in [6.07, 6.45) is 3.14. The second-order valence-corrected chi connectivity index (χ2v) is 10.2. The van der Waals surface area contributed by atoms with Crippen LogP contribution in [0.15, 0.2) is 66.7 Å². The number of carbonyl (C=O) groups excluding carboxylic acids is 1. The number of carboxylic acids is 1. The SMILES string of the molecule is COc1ccc(COc2c(OC)ccc3c2CC(C(=O)O)N(C(=O)C(OC2CCCC2)c2ccccc2)C3)cc1. The van der Waals surface area contributed by atoms with Gasteiger partial charge in [-0.05, 0) is 47.7 Å². The van der Waals surface area contributed by atoms with Gasteiger partial charge >= 0.3 is 5.97 Å². The van der Waals surface area contributed by atoms with Crippen molar-refractivity contribution < 1.29 is 33.6 Å². The zero-order chi connectivity index (χ0) is 28.1. The fraction of sp³-hybridized carbons (Fsp3) is 0.375. The van der Waals surface area contributed by atoms with Crippen LogP contribution in [-0.2, 0) is 33.9 Å². The summed E-state index contributed by atoms with van der Waals surface area (Å²) in [5.74, 6) is 0.348. The molecule has 8 heteroatoms. The van der Waals surface area contributed by atoms with Crippen molar-refractivity contribution in [2.24, 2.45) is 0 Å². The van der Waals surface area contributed by atoms with Gasteiger partial charge in [0.1, 0.15) is 18.4 Å². The van der Waals surface area contributed by atoms with Gasteiger partial charge in [-0.1, -0.05) is 61.4 Å². The number of fused-ring (bicyclic) bond motifs is 1. The van der Waals surface area contributed by atoms with Crippen LogP contribution in [0.3, 0.4) is 0 Å². The maximum absolute atomic E-state index is 14.1. The lowest BCUT2D eigenvalue weighted by molar-refractivity contribution is -0.160. The highest BCUT2D eigenvalue weighted by Crippen LogP contribution is 2.40. The van der Waals surface area contributed by atoms with Crippen molar-refractivity contribution in [1.29, 1.82) is 0 Å². The Hall–Kier alpha value is -4.04. The van der Waals surface area contributed by atoms with Crippen LogP contribution in [0.25, 0.3) is 0 Å². The number of rotatable bonds is 10. The minimum Gasteiger partial charge on any atom is -0.497 e. The number of amides is 1. The zero-order valence-corrected chi connectivity index (χ0v) is 22.9. The van der Waals surface area contributed by atoms with Crippen LogP contribution in [0.2, 0.25) is 0 Å². The minimum atomic E-state index is -1.08. The van der Waals surface area contributed by atoms with Gasteiger partial charge in [0.15, 0.2) is 17.6 Å². The lowest BCUT2D eigenvalue weighted by Crippen LogP contribution is -2.50. The van der Waals surface area contributed by atoms with Crippen LogP contribution in [0.5, 0.6) is 17.2 Å². The third-order valence-corrected chi connectivity index (χ3v) is 7.72. The first kappa shape index (κ1) is 27.5. The van der Waals surface area contributed by atoms with Gasteiger partial charge in [0.25, 0.3) is 5.91 Å². The molecule has 5 rings (SSSR count). The first-order valence-electron chi connectivity index (χ1n) is 13.7. The maximum Gasteiger partial charge on any atom is 0.326 e. The predicted molar refractivity (Wildman–Crippen MR) is 149 cm³/mol. The first-order valence-corrected chi connectivity index (χ1v) is 13.7. The number of methoxy groups -OCH3 is 2. The van der Waals surface area contributed by atoms with Crippen molar-refractivity contribution in [3.05, 3.63) is 89.0 Å². The standard InChI is InChI=1S/C32H35NO7/c1-37-24-15-12-21(13-16-24)20-39-30-26-18-27(32(35)36)33(19-23(26)14-17-28(30)38-2)31(34)29(22-8-4-3-5-9-22)40-25-10-6-7-11-25/h3-5,8-9,12-17,25,27,29H,6-7,10-11,18-20H2,1-2H3,(H,35,36). The van der Waals surface area contributed by atoms with E-state index in [2.05, 4.69) is 0 Å². The Morgan fingerprint density at radius 2 is 1.68 bits per heavy atom. The molecule has 0 bridgehead atoms. The second-order valence-electron chi connectivity index (χ2n) is 10.2. The molecule has 2 atom stereocenters. The van der Waals surface area contributed by atoms with Crippen LogP contribution in [0.1, 0.15) is 54.0 Å². The molecule has 1 heterocycles. The molecular formula is C32H35NO7. The molecule has 0 radical (unpaired) electrons. The van der Waals surface area contributed by atoms with Gasteiger partial charge in [-0.15, -0.1) is 0 Å². The Balaban J connectivity index is 1.44. The third-order valence-electron chi connectivity index (χ3n) is 7.72.